The van der Waals surface area contributed by atoms with Gasteiger partial charge in [-0.3, -0.25) is 4.79 Å². The SMILES string of the molecule is CCC(NC(=O)Cn1nc(C)c2c(-c3ccco3)ccnc21)c1ccc(C(C)C)cc1. The summed E-state index contributed by atoms with van der Waals surface area (Å²) in [6, 6.07) is 14.1. The molecule has 1 amide bonds. The number of rotatable bonds is 7. The third-order valence-corrected chi connectivity index (χ3v) is 5.64. The average Bonchev–Trinajstić information content (AvgIpc) is 3.41. The molecule has 0 aliphatic heterocycles. The summed E-state index contributed by atoms with van der Waals surface area (Å²) in [6.45, 7) is 8.47. The van der Waals surface area contributed by atoms with Crippen LogP contribution in [0.1, 0.15) is 56.0 Å². The Morgan fingerprint density at radius 1 is 1.13 bits per heavy atom. The van der Waals surface area contributed by atoms with Crippen molar-refractivity contribution in [1.29, 1.82) is 0 Å². The Kier molecular flexibility index (Phi) is 5.89. The molecule has 1 atom stereocenters. The molecular formula is C25H28N4O2. The predicted molar refractivity (Wildman–Crippen MR) is 122 cm³/mol. The molecule has 0 bridgehead atoms. The van der Waals surface area contributed by atoms with Crippen molar-refractivity contribution in [2.24, 2.45) is 0 Å². The summed E-state index contributed by atoms with van der Waals surface area (Å²) in [5.41, 5.74) is 4.83. The third kappa shape index (κ3) is 4.24. The van der Waals surface area contributed by atoms with Crippen LogP contribution in [0.25, 0.3) is 22.4 Å². The molecule has 160 valence electrons. The molecule has 1 N–H and O–H groups in total. The van der Waals surface area contributed by atoms with E-state index in [2.05, 4.69) is 60.4 Å². The van der Waals surface area contributed by atoms with Crippen LogP contribution in [0, 0.1) is 6.92 Å². The molecule has 0 radical (unpaired) electrons. The van der Waals surface area contributed by atoms with Gasteiger partial charge in [0.2, 0.25) is 5.91 Å². The number of amides is 1. The Bertz CT molecular complexity index is 1170. The molecule has 0 aliphatic rings. The Morgan fingerprint density at radius 3 is 2.52 bits per heavy atom. The zero-order chi connectivity index (χ0) is 22.0. The van der Waals surface area contributed by atoms with E-state index in [0.717, 1.165) is 34.4 Å². The number of nitrogens with one attached hydrogen (secondary N) is 1. The van der Waals surface area contributed by atoms with Crippen molar-refractivity contribution in [2.75, 3.05) is 0 Å². The number of pyridine rings is 1. The van der Waals surface area contributed by atoms with Gasteiger partial charge < -0.3 is 9.73 Å². The minimum Gasteiger partial charge on any atom is -0.464 e. The van der Waals surface area contributed by atoms with Crippen LogP contribution in [0.2, 0.25) is 0 Å². The van der Waals surface area contributed by atoms with Crippen LogP contribution in [0.4, 0.5) is 0 Å². The zero-order valence-electron chi connectivity index (χ0n) is 18.4. The van der Waals surface area contributed by atoms with Gasteiger partial charge in [0.1, 0.15) is 12.3 Å². The van der Waals surface area contributed by atoms with Crippen molar-refractivity contribution in [2.45, 2.75) is 52.6 Å². The summed E-state index contributed by atoms with van der Waals surface area (Å²) in [5.74, 6) is 1.16. The minimum absolute atomic E-state index is 0.0386. The Hall–Kier alpha value is -3.41. The number of furan rings is 1. The minimum atomic E-state index is -0.0885. The van der Waals surface area contributed by atoms with Crippen LogP contribution >= 0.6 is 0 Å². The smallest absolute Gasteiger partial charge is 0.242 e. The molecule has 0 aliphatic carbocycles. The number of carbonyl (C=O) groups excluding carboxylic acids is 1. The number of aryl methyl sites for hydroxylation is 1. The van der Waals surface area contributed by atoms with Gasteiger partial charge >= 0.3 is 0 Å². The molecule has 0 saturated carbocycles. The summed E-state index contributed by atoms with van der Waals surface area (Å²) in [4.78, 5) is 17.4. The molecule has 6 heteroatoms. The average molecular weight is 417 g/mol. The van der Waals surface area contributed by atoms with E-state index in [4.69, 9.17) is 4.42 Å². The molecule has 3 heterocycles. The fourth-order valence-corrected chi connectivity index (χ4v) is 3.94. The van der Waals surface area contributed by atoms with Crippen molar-refractivity contribution in [3.63, 3.8) is 0 Å². The molecule has 0 fully saturated rings. The summed E-state index contributed by atoms with van der Waals surface area (Å²) in [5, 5.41) is 8.64. The van der Waals surface area contributed by atoms with E-state index in [9.17, 15) is 4.79 Å². The van der Waals surface area contributed by atoms with E-state index >= 15 is 0 Å². The molecule has 4 rings (SSSR count). The first-order valence-electron chi connectivity index (χ1n) is 10.7. The highest BCUT2D eigenvalue weighted by Gasteiger charge is 2.19. The predicted octanol–water partition coefficient (Wildman–Crippen LogP) is 5.39. The lowest BCUT2D eigenvalue weighted by atomic mass is 9.98. The quantitative estimate of drug-likeness (QED) is 0.438. The lowest BCUT2D eigenvalue weighted by molar-refractivity contribution is -0.122. The number of hydrogen-bond donors (Lipinski definition) is 1. The molecule has 6 nitrogen and oxygen atoms in total. The van der Waals surface area contributed by atoms with Gasteiger partial charge in [-0.2, -0.15) is 5.10 Å². The van der Waals surface area contributed by atoms with Gasteiger partial charge in [-0.1, -0.05) is 45.0 Å². The highest BCUT2D eigenvalue weighted by molar-refractivity contribution is 5.93. The Balaban J connectivity index is 1.55. The number of fused-ring (bicyclic) bond motifs is 1. The number of aromatic nitrogens is 3. The van der Waals surface area contributed by atoms with Gasteiger partial charge in [-0.25, -0.2) is 9.67 Å². The molecule has 0 saturated heterocycles. The zero-order valence-corrected chi connectivity index (χ0v) is 18.4. The van der Waals surface area contributed by atoms with Crippen LogP contribution in [-0.4, -0.2) is 20.7 Å². The van der Waals surface area contributed by atoms with Crippen molar-refractivity contribution in [3.8, 4) is 11.3 Å². The molecule has 0 spiro atoms. The van der Waals surface area contributed by atoms with E-state index in [1.807, 2.05) is 25.1 Å². The maximum atomic E-state index is 12.9. The number of nitrogens with zero attached hydrogens (tertiary/aromatic N) is 3. The largest absolute Gasteiger partial charge is 0.464 e. The fraction of sp³-hybridized carbons (Fsp3) is 0.320. The summed E-state index contributed by atoms with van der Waals surface area (Å²) >= 11 is 0. The molecule has 31 heavy (non-hydrogen) atoms. The standard InChI is InChI=1S/C25H28N4O2/c1-5-21(19-10-8-18(9-11-19)16(2)3)27-23(30)15-29-25-24(17(4)28-29)20(12-13-26-25)22-7-6-14-31-22/h6-14,16,21H,5,15H2,1-4H3,(H,27,30). The van der Waals surface area contributed by atoms with Gasteiger partial charge in [0.25, 0.3) is 0 Å². The number of benzene rings is 1. The van der Waals surface area contributed by atoms with Gasteiger partial charge in [0, 0.05) is 11.8 Å². The first kappa shape index (κ1) is 20.8. The maximum absolute atomic E-state index is 12.9. The lowest BCUT2D eigenvalue weighted by Crippen LogP contribution is -2.31. The van der Waals surface area contributed by atoms with Gasteiger partial charge in [0.15, 0.2) is 5.65 Å². The second-order valence-corrected chi connectivity index (χ2v) is 8.13. The van der Waals surface area contributed by atoms with Crippen LogP contribution in [0.5, 0.6) is 0 Å². The van der Waals surface area contributed by atoms with Crippen molar-refractivity contribution < 1.29 is 9.21 Å². The van der Waals surface area contributed by atoms with E-state index in [0.29, 0.717) is 11.6 Å². The second kappa shape index (κ2) is 8.76. The maximum Gasteiger partial charge on any atom is 0.242 e. The second-order valence-electron chi connectivity index (χ2n) is 8.13. The van der Waals surface area contributed by atoms with Crippen molar-refractivity contribution in [1.82, 2.24) is 20.1 Å². The molecule has 1 unspecified atom stereocenters. The number of hydrogen-bond acceptors (Lipinski definition) is 4. The number of carbonyl (C=O) groups is 1. The topological polar surface area (TPSA) is 73.0 Å². The highest BCUT2D eigenvalue weighted by Crippen LogP contribution is 2.30. The highest BCUT2D eigenvalue weighted by atomic mass is 16.3. The van der Waals surface area contributed by atoms with Crippen LogP contribution in [0.15, 0.2) is 59.3 Å². The van der Waals surface area contributed by atoms with Gasteiger partial charge in [-0.05, 0) is 48.6 Å². The van der Waals surface area contributed by atoms with Crippen molar-refractivity contribution >= 4 is 16.9 Å². The van der Waals surface area contributed by atoms with E-state index < -0.39 is 0 Å². The summed E-state index contributed by atoms with van der Waals surface area (Å²) < 4.78 is 7.24. The monoisotopic (exact) mass is 416 g/mol. The lowest BCUT2D eigenvalue weighted by Gasteiger charge is -2.18. The van der Waals surface area contributed by atoms with Crippen LogP contribution in [0.3, 0.4) is 0 Å². The van der Waals surface area contributed by atoms with E-state index in [1.165, 1.54) is 5.56 Å². The molecular weight excluding hydrogens is 388 g/mol. The van der Waals surface area contributed by atoms with E-state index in [1.54, 1.807) is 17.1 Å². The Morgan fingerprint density at radius 2 is 1.87 bits per heavy atom. The summed E-state index contributed by atoms with van der Waals surface area (Å²) in [7, 11) is 0. The molecule has 4 aromatic rings. The third-order valence-electron chi connectivity index (χ3n) is 5.64. The first-order valence-corrected chi connectivity index (χ1v) is 10.7. The normalized spacial score (nSPS) is 12.4. The first-order chi connectivity index (χ1) is 15.0. The van der Waals surface area contributed by atoms with Crippen LogP contribution < -0.4 is 5.32 Å². The molecule has 1 aromatic carbocycles. The van der Waals surface area contributed by atoms with Crippen LogP contribution in [-0.2, 0) is 11.3 Å². The molecule has 3 aromatic heterocycles. The Labute approximate surface area is 182 Å². The van der Waals surface area contributed by atoms with E-state index in [-0.39, 0.29) is 18.5 Å². The summed E-state index contributed by atoms with van der Waals surface area (Å²) in [6.07, 6.45) is 4.18. The fourth-order valence-electron chi connectivity index (χ4n) is 3.94. The van der Waals surface area contributed by atoms with Gasteiger partial charge in [-0.15, -0.1) is 0 Å². The van der Waals surface area contributed by atoms with Gasteiger partial charge in [0.05, 0.1) is 23.4 Å². The van der Waals surface area contributed by atoms with Crippen molar-refractivity contribution in [3.05, 3.63) is 71.7 Å².